The van der Waals surface area contributed by atoms with E-state index in [4.69, 9.17) is 11.6 Å². The van der Waals surface area contributed by atoms with Gasteiger partial charge in [0.15, 0.2) is 0 Å². The highest BCUT2D eigenvalue weighted by atomic mass is 127. The maximum absolute atomic E-state index is 12.2. The summed E-state index contributed by atoms with van der Waals surface area (Å²) >= 11 is 10.9. The molecule has 0 spiro atoms. The Kier molecular flexibility index (Phi) is 6.33. The summed E-state index contributed by atoms with van der Waals surface area (Å²) in [6.07, 6.45) is 4.42. The minimum absolute atomic E-state index is 0.0102. The zero-order chi connectivity index (χ0) is 24.1. The second kappa shape index (κ2) is 9.13. The highest BCUT2D eigenvalue weighted by Gasteiger charge is 2.48. The third-order valence-electron chi connectivity index (χ3n) is 6.87. The molecule has 5 rings (SSSR count). The van der Waals surface area contributed by atoms with Crippen molar-refractivity contribution in [1.29, 1.82) is 0 Å². The summed E-state index contributed by atoms with van der Waals surface area (Å²) in [6, 6.07) is 14.1. The Bertz CT molecular complexity index is 1460. The quantitative estimate of drug-likeness (QED) is 0.345. The van der Waals surface area contributed by atoms with Gasteiger partial charge in [-0.25, -0.2) is 0 Å². The predicted octanol–water partition coefficient (Wildman–Crippen LogP) is 4.78. The molecule has 34 heavy (non-hydrogen) atoms. The minimum atomic E-state index is 0.0102. The summed E-state index contributed by atoms with van der Waals surface area (Å²) in [5.74, 6) is 0.217. The first-order chi connectivity index (χ1) is 16.3. The number of benzene rings is 3. The Morgan fingerprint density at radius 3 is 2.74 bits per heavy atom. The number of amides is 1. The molecule has 7 heteroatoms. The topological polar surface area (TPSA) is 43.8 Å². The Hall–Kier alpha value is -2.16. The van der Waals surface area contributed by atoms with E-state index in [-0.39, 0.29) is 17.7 Å². The number of halogens is 2. The molecule has 0 saturated carbocycles. The molecule has 3 aromatic carbocycles. The lowest BCUT2D eigenvalue weighted by atomic mass is 9.96. The van der Waals surface area contributed by atoms with E-state index in [0.29, 0.717) is 11.1 Å². The number of phenolic OH excluding ortho intramolecular Hbond substituents is 1. The van der Waals surface area contributed by atoms with E-state index >= 15 is 0 Å². The smallest absolute Gasteiger partial charge is 0.246 e. The SMILES string of the molecule is C=CC(=O)N1CC[C@H]2[C@@H]1CN2/C(SC)=c1\cc(Cl)c(-c2cc(O)cc3ccccc23)c(I)c1=C. The van der Waals surface area contributed by atoms with Gasteiger partial charge < -0.3 is 14.9 Å². The van der Waals surface area contributed by atoms with Crippen LogP contribution in [0.25, 0.3) is 33.5 Å². The molecular formula is C27H24ClIN2O2S. The number of carbonyl (C=O) groups excluding carboxylic acids is 1. The normalized spacial score (nSPS) is 20.2. The van der Waals surface area contributed by atoms with Crippen molar-refractivity contribution in [3.63, 3.8) is 0 Å². The number of fused-ring (bicyclic) bond motifs is 2. The van der Waals surface area contributed by atoms with E-state index in [1.165, 1.54) is 6.08 Å². The van der Waals surface area contributed by atoms with Gasteiger partial charge in [0.05, 0.1) is 22.1 Å². The van der Waals surface area contributed by atoms with Crippen LogP contribution >= 0.6 is 46.0 Å². The molecule has 2 heterocycles. The fourth-order valence-electron chi connectivity index (χ4n) is 5.23. The molecule has 1 amide bonds. The van der Waals surface area contributed by atoms with Gasteiger partial charge in [-0.05, 0) is 81.1 Å². The van der Waals surface area contributed by atoms with E-state index < -0.39 is 0 Å². The van der Waals surface area contributed by atoms with Crippen molar-refractivity contribution in [2.45, 2.75) is 18.5 Å². The van der Waals surface area contributed by atoms with Crippen LogP contribution in [-0.4, -0.2) is 52.2 Å². The molecule has 2 fully saturated rings. The summed E-state index contributed by atoms with van der Waals surface area (Å²) in [5.41, 5.74) is 1.78. The molecule has 0 unspecified atom stereocenters. The van der Waals surface area contributed by atoms with E-state index in [0.717, 1.165) is 60.4 Å². The third-order valence-corrected chi connectivity index (χ3v) is 9.20. The van der Waals surface area contributed by atoms with Crippen LogP contribution in [0.1, 0.15) is 6.42 Å². The first kappa shape index (κ1) is 23.6. The average molecular weight is 603 g/mol. The highest BCUT2D eigenvalue weighted by molar-refractivity contribution is 14.1. The van der Waals surface area contributed by atoms with E-state index in [1.807, 2.05) is 35.2 Å². The summed E-state index contributed by atoms with van der Waals surface area (Å²) in [5, 5.41) is 16.1. The molecule has 4 nitrogen and oxygen atoms in total. The fourth-order valence-corrected chi connectivity index (χ4v) is 7.41. The lowest BCUT2D eigenvalue weighted by Crippen LogP contribution is -2.62. The van der Waals surface area contributed by atoms with Crippen molar-refractivity contribution >= 4 is 74.2 Å². The van der Waals surface area contributed by atoms with Crippen LogP contribution in [0.2, 0.25) is 5.02 Å². The van der Waals surface area contributed by atoms with E-state index in [2.05, 4.69) is 46.9 Å². The fraction of sp³-hybridized carbons (Fsp3) is 0.222. The number of nitrogens with zero attached hydrogens (tertiary/aromatic N) is 2. The standard InChI is InChI=1S/C27H24ClIN2O2S/c1-4-24(33)30-10-9-22-23(30)14-31(22)27(34-3)19-13-21(28)25(26(29)15(19)2)20-12-17(32)11-16-7-5-6-8-18(16)20/h4-8,11-13,22-23,32H,1-2,9-10,14H2,3H3/b27-19-/t22-,23-/m0/s1. The third kappa shape index (κ3) is 3.71. The Labute approximate surface area is 221 Å². The van der Waals surface area contributed by atoms with Gasteiger partial charge in [0, 0.05) is 27.4 Å². The van der Waals surface area contributed by atoms with Gasteiger partial charge >= 0.3 is 0 Å². The first-order valence-electron chi connectivity index (χ1n) is 11.0. The molecular weight excluding hydrogens is 579 g/mol. The molecule has 0 aliphatic carbocycles. The van der Waals surface area contributed by atoms with Crippen LogP contribution in [0.4, 0.5) is 0 Å². The number of carbonyl (C=O) groups is 1. The summed E-state index contributed by atoms with van der Waals surface area (Å²) in [6.45, 7) is 9.64. The molecule has 2 saturated heterocycles. The van der Waals surface area contributed by atoms with Crippen LogP contribution in [0.5, 0.6) is 5.75 Å². The molecule has 2 aliphatic rings. The average Bonchev–Trinajstić information content (AvgIpc) is 3.15. The lowest BCUT2D eigenvalue weighted by molar-refractivity contribution is -0.129. The van der Waals surface area contributed by atoms with Crippen LogP contribution in [0, 0.1) is 3.57 Å². The Balaban J connectivity index is 1.63. The number of likely N-dealkylation sites (tertiary alicyclic amines) is 2. The molecule has 2 aliphatic heterocycles. The van der Waals surface area contributed by atoms with Crippen LogP contribution in [-0.2, 0) is 4.79 Å². The molecule has 0 bridgehead atoms. The second-order valence-electron chi connectivity index (χ2n) is 8.61. The van der Waals surface area contributed by atoms with Gasteiger partial charge in [0.2, 0.25) is 5.91 Å². The van der Waals surface area contributed by atoms with Crippen LogP contribution in [0.3, 0.4) is 0 Å². The summed E-state index contributed by atoms with van der Waals surface area (Å²) < 4.78 is 0.967. The summed E-state index contributed by atoms with van der Waals surface area (Å²) in [4.78, 5) is 16.5. The first-order valence-corrected chi connectivity index (χ1v) is 13.7. The van der Waals surface area contributed by atoms with Crippen molar-refractivity contribution in [3.8, 4) is 16.9 Å². The molecule has 3 aromatic rings. The van der Waals surface area contributed by atoms with E-state index in [1.54, 1.807) is 23.9 Å². The Morgan fingerprint density at radius 2 is 2.00 bits per heavy atom. The van der Waals surface area contributed by atoms with Gasteiger partial charge in [-0.1, -0.05) is 49.0 Å². The minimum Gasteiger partial charge on any atom is -0.508 e. The van der Waals surface area contributed by atoms with Crippen LogP contribution in [0.15, 0.2) is 55.1 Å². The largest absolute Gasteiger partial charge is 0.508 e. The van der Waals surface area contributed by atoms with Gasteiger partial charge in [0.1, 0.15) is 5.75 Å². The highest BCUT2D eigenvalue weighted by Crippen LogP contribution is 2.40. The van der Waals surface area contributed by atoms with Crippen molar-refractivity contribution in [1.82, 2.24) is 9.80 Å². The molecule has 2 atom stereocenters. The van der Waals surface area contributed by atoms with Crippen molar-refractivity contribution in [2.24, 2.45) is 0 Å². The maximum atomic E-state index is 12.2. The number of hydrogen-bond acceptors (Lipinski definition) is 4. The van der Waals surface area contributed by atoms with Gasteiger partial charge in [0.25, 0.3) is 0 Å². The van der Waals surface area contributed by atoms with Crippen LogP contribution < -0.4 is 10.4 Å². The monoisotopic (exact) mass is 602 g/mol. The molecule has 0 aromatic heterocycles. The zero-order valence-corrected chi connectivity index (χ0v) is 22.5. The van der Waals surface area contributed by atoms with Crippen molar-refractivity contribution in [2.75, 3.05) is 19.3 Å². The number of aromatic hydroxyl groups is 1. The van der Waals surface area contributed by atoms with Crippen molar-refractivity contribution in [3.05, 3.63) is 74.1 Å². The summed E-state index contributed by atoms with van der Waals surface area (Å²) in [7, 11) is 0. The van der Waals surface area contributed by atoms with Gasteiger partial charge in [-0.2, -0.15) is 0 Å². The molecule has 174 valence electrons. The Morgan fingerprint density at radius 1 is 1.24 bits per heavy atom. The van der Waals surface area contributed by atoms with Crippen molar-refractivity contribution < 1.29 is 9.90 Å². The maximum Gasteiger partial charge on any atom is 0.246 e. The van der Waals surface area contributed by atoms with E-state index in [9.17, 15) is 9.90 Å². The van der Waals surface area contributed by atoms with Gasteiger partial charge in [-0.3, -0.25) is 4.79 Å². The lowest BCUT2D eigenvalue weighted by Gasteiger charge is -2.48. The number of phenols is 1. The zero-order valence-electron chi connectivity index (χ0n) is 18.7. The number of hydrogen-bond donors (Lipinski definition) is 1. The number of thioether (sulfide) groups is 1. The van der Waals surface area contributed by atoms with Gasteiger partial charge in [-0.15, -0.1) is 11.8 Å². The second-order valence-corrected chi connectivity index (χ2v) is 10.9. The molecule has 1 N–H and O–H groups in total. The number of rotatable bonds is 4. The molecule has 0 radical (unpaired) electrons. The predicted molar refractivity (Wildman–Crippen MR) is 151 cm³/mol.